The van der Waals surface area contributed by atoms with Gasteiger partial charge in [-0.05, 0) is 25.5 Å². The summed E-state index contributed by atoms with van der Waals surface area (Å²) in [5, 5.41) is 4.97. The molecule has 0 radical (unpaired) electrons. The number of hydrogen-bond donors (Lipinski definition) is 1. The summed E-state index contributed by atoms with van der Waals surface area (Å²) in [4.78, 5) is 32.1. The number of carbonyl (C=O) groups is 2. The van der Waals surface area contributed by atoms with E-state index in [4.69, 9.17) is 0 Å². The largest absolute Gasteiger partial charge is 0.324 e. The molecule has 0 saturated carbocycles. The first-order valence-electron chi connectivity index (χ1n) is 8.83. The first kappa shape index (κ1) is 16.8. The summed E-state index contributed by atoms with van der Waals surface area (Å²) in [6.07, 6.45) is 5.33. The Hall–Kier alpha value is -2.32. The average molecular weight is 399 g/mol. The number of aromatic nitrogens is 2. The van der Waals surface area contributed by atoms with E-state index in [9.17, 15) is 9.59 Å². The molecule has 2 aromatic heterocycles. The monoisotopic (exact) mass is 398 g/mol. The highest BCUT2D eigenvalue weighted by Gasteiger charge is 2.52. The van der Waals surface area contributed by atoms with Crippen LogP contribution in [0.4, 0.5) is 5.69 Å². The van der Waals surface area contributed by atoms with Gasteiger partial charge in [0.2, 0.25) is 11.8 Å². The molecule has 2 aliphatic heterocycles. The predicted molar refractivity (Wildman–Crippen MR) is 108 cm³/mol. The molecule has 0 aliphatic carbocycles. The molecule has 2 fully saturated rings. The number of nitrogens with zero attached hydrogens (tertiary/aromatic N) is 3. The van der Waals surface area contributed by atoms with Gasteiger partial charge in [-0.25, -0.2) is 4.98 Å². The average Bonchev–Trinajstić information content (AvgIpc) is 3.37. The van der Waals surface area contributed by atoms with Crippen molar-refractivity contribution in [2.75, 3.05) is 11.1 Å². The van der Waals surface area contributed by atoms with E-state index in [1.165, 1.54) is 0 Å². The van der Waals surface area contributed by atoms with Crippen molar-refractivity contribution in [1.29, 1.82) is 0 Å². The highest BCUT2D eigenvalue weighted by atomic mass is 32.2. The zero-order valence-corrected chi connectivity index (χ0v) is 16.3. The van der Waals surface area contributed by atoms with Crippen molar-refractivity contribution in [3.63, 3.8) is 0 Å². The molecule has 138 valence electrons. The Kier molecular flexibility index (Phi) is 3.80. The summed E-state index contributed by atoms with van der Waals surface area (Å²) in [6.45, 7) is 2.06. The van der Waals surface area contributed by atoms with E-state index >= 15 is 0 Å². The third-order valence-electron chi connectivity index (χ3n) is 5.29. The molecular weight excluding hydrogens is 380 g/mol. The Morgan fingerprint density at radius 2 is 2.15 bits per heavy atom. The summed E-state index contributed by atoms with van der Waals surface area (Å²) in [6, 6.07) is 7.28. The summed E-state index contributed by atoms with van der Waals surface area (Å²) in [5.74, 6) is 0.617. The lowest BCUT2D eigenvalue weighted by atomic mass is 10.1. The van der Waals surface area contributed by atoms with Gasteiger partial charge in [-0.15, -0.1) is 23.1 Å². The second kappa shape index (κ2) is 6.10. The van der Waals surface area contributed by atoms with E-state index in [1.54, 1.807) is 28.0 Å². The van der Waals surface area contributed by atoms with Gasteiger partial charge in [0, 0.05) is 41.2 Å². The molecule has 27 heavy (non-hydrogen) atoms. The van der Waals surface area contributed by atoms with E-state index < -0.39 is 6.04 Å². The third-order valence-corrected chi connectivity index (χ3v) is 7.56. The molecule has 2 unspecified atom stereocenters. The molecule has 5 rings (SSSR count). The number of nitrogens with one attached hydrogen (secondary N) is 1. The summed E-state index contributed by atoms with van der Waals surface area (Å²) in [7, 11) is 0. The molecular formula is C19H18N4O2S2. The van der Waals surface area contributed by atoms with E-state index in [0.29, 0.717) is 12.2 Å². The summed E-state index contributed by atoms with van der Waals surface area (Å²) >= 11 is 3.30. The molecule has 3 aromatic rings. The number of anilines is 1. The normalized spacial score (nSPS) is 24.6. The predicted octanol–water partition coefficient (Wildman–Crippen LogP) is 3.46. The van der Waals surface area contributed by atoms with Crippen LogP contribution >= 0.6 is 23.1 Å². The number of carbonyl (C=O) groups excluding carboxylic acids is 2. The highest BCUT2D eigenvalue weighted by molar-refractivity contribution is 8.01. The smallest absolute Gasteiger partial charge is 0.248 e. The summed E-state index contributed by atoms with van der Waals surface area (Å²) in [5.41, 5.74) is 2.64. The van der Waals surface area contributed by atoms with Crippen LogP contribution < -0.4 is 5.32 Å². The van der Waals surface area contributed by atoms with Gasteiger partial charge < -0.3 is 10.2 Å². The van der Waals surface area contributed by atoms with Crippen LogP contribution in [0.2, 0.25) is 0 Å². The van der Waals surface area contributed by atoms with Crippen molar-refractivity contribution in [3.05, 3.63) is 42.0 Å². The van der Waals surface area contributed by atoms with Crippen molar-refractivity contribution in [2.45, 2.75) is 30.7 Å². The van der Waals surface area contributed by atoms with Crippen molar-refractivity contribution in [1.82, 2.24) is 14.3 Å². The van der Waals surface area contributed by atoms with Gasteiger partial charge in [0.25, 0.3) is 0 Å². The van der Waals surface area contributed by atoms with Crippen molar-refractivity contribution in [3.8, 4) is 11.3 Å². The maximum Gasteiger partial charge on any atom is 0.248 e. The second-order valence-corrected chi connectivity index (χ2v) is 9.43. The van der Waals surface area contributed by atoms with Crippen LogP contribution in [0.25, 0.3) is 16.2 Å². The fraction of sp³-hybridized carbons (Fsp3) is 0.316. The number of amides is 2. The fourth-order valence-corrected chi connectivity index (χ4v) is 5.96. The molecule has 6 nitrogen and oxygen atoms in total. The van der Waals surface area contributed by atoms with Crippen LogP contribution in [-0.4, -0.2) is 42.8 Å². The quantitative estimate of drug-likeness (QED) is 0.734. The molecule has 1 aromatic carbocycles. The molecule has 1 N–H and O–H groups in total. The van der Waals surface area contributed by atoms with Gasteiger partial charge in [-0.1, -0.05) is 12.1 Å². The first-order chi connectivity index (χ1) is 13.0. The van der Waals surface area contributed by atoms with Gasteiger partial charge in [0.15, 0.2) is 4.96 Å². The Labute approximate surface area is 164 Å². The molecule has 2 amide bonds. The minimum Gasteiger partial charge on any atom is -0.324 e. The highest BCUT2D eigenvalue weighted by Crippen LogP contribution is 2.47. The number of imidazole rings is 1. The number of benzene rings is 1. The zero-order valence-electron chi connectivity index (χ0n) is 14.7. The van der Waals surface area contributed by atoms with Crippen molar-refractivity contribution < 1.29 is 9.59 Å². The topological polar surface area (TPSA) is 66.7 Å². The second-order valence-electron chi connectivity index (χ2n) is 7.05. The van der Waals surface area contributed by atoms with E-state index in [-0.39, 0.29) is 16.7 Å². The Balaban J connectivity index is 1.32. The minimum atomic E-state index is -0.394. The standard InChI is InChI=1S/C19H18N4O2S2/c1-19-7-6-16(24)23(19)15(11-27-19)17(25)20-13-4-2-12(3-5-13)14-10-22-8-9-26-18(22)21-14/h2-5,8-10,15H,6-7,11H2,1H3,(H,20,25). The zero-order chi connectivity index (χ0) is 18.6. The van der Waals surface area contributed by atoms with Gasteiger partial charge >= 0.3 is 0 Å². The third kappa shape index (κ3) is 2.74. The van der Waals surface area contributed by atoms with Gasteiger partial charge in [0.1, 0.15) is 6.04 Å². The number of thioether (sulfide) groups is 1. The molecule has 2 saturated heterocycles. The number of fused-ring (bicyclic) bond motifs is 2. The molecule has 2 atom stereocenters. The number of rotatable bonds is 3. The van der Waals surface area contributed by atoms with Gasteiger partial charge in [-0.3, -0.25) is 14.0 Å². The number of thiazole rings is 1. The van der Waals surface area contributed by atoms with Crippen molar-refractivity contribution >= 4 is 45.6 Å². The lowest BCUT2D eigenvalue weighted by Crippen LogP contribution is -2.48. The van der Waals surface area contributed by atoms with E-state index in [1.807, 2.05) is 46.4 Å². The van der Waals surface area contributed by atoms with Crippen LogP contribution in [0.3, 0.4) is 0 Å². The molecule has 0 bridgehead atoms. The van der Waals surface area contributed by atoms with Crippen LogP contribution in [0.15, 0.2) is 42.0 Å². The van der Waals surface area contributed by atoms with E-state index in [2.05, 4.69) is 17.2 Å². The molecule has 0 spiro atoms. The maximum absolute atomic E-state index is 12.8. The van der Waals surface area contributed by atoms with Crippen LogP contribution in [0, 0.1) is 0 Å². The fourth-order valence-electron chi connectivity index (χ4n) is 3.83. The molecule has 8 heteroatoms. The lowest BCUT2D eigenvalue weighted by Gasteiger charge is -2.29. The van der Waals surface area contributed by atoms with Gasteiger partial charge in [0.05, 0.1) is 10.6 Å². The minimum absolute atomic E-state index is 0.0812. The van der Waals surface area contributed by atoms with Gasteiger partial charge in [-0.2, -0.15) is 0 Å². The Morgan fingerprint density at radius 3 is 2.93 bits per heavy atom. The van der Waals surface area contributed by atoms with Crippen molar-refractivity contribution in [2.24, 2.45) is 0 Å². The van der Waals surface area contributed by atoms with E-state index in [0.717, 1.165) is 28.3 Å². The molecule has 4 heterocycles. The lowest BCUT2D eigenvalue weighted by molar-refractivity contribution is -0.135. The van der Waals surface area contributed by atoms with Crippen LogP contribution in [0.5, 0.6) is 0 Å². The Morgan fingerprint density at radius 1 is 1.33 bits per heavy atom. The van der Waals surface area contributed by atoms with Crippen LogP contribution in [0.1, 0.15) is 19.8 Å². The SMILES string of the molecule is CC12CCC(=O)N1C(C(=O)Nc1ccc(-c3cn4ccsc4n3)cc1)CS2. The van der Waals surface area contributed by atoms with Crippen LogP contribution in [-0.2, 0) is 9.59 Å². The first-order valence-corrected chi connectivity index (χ1v) is 10.7. The summed E-state index contributed by atoms with van der Waals surface area (Å²) < 4.78 is 2.00. The number of hydrogen-bond acceptors (Lipinski definition) is 5. The molecule has 2 aliphatic rings. The maximum atomic E-state index is 12.8. The Bertz CT molecular complexity index is 1010.